The van der Waals surface area contributed by atoms with E-state index in [1.807, 2.05) is 6.07 Å². The van der Waals surface area contributed by atoms with Crippen molar-refractivity contribution >= 4 is 29.2 Å². The summed E-state index contributed by atoms with van der Waals surface area (Å²) in [7, 11) is 2.17. The summed E-state index contributed by atoms with van der Waals surface area (Å²) in [5, 5.41) is 15.5. The second-order valence-corrected chi connectivity index (χ2v) is 7.75. The van der Waals surface area contributed by atoms with Gasteiger partial charge in [-0.15, -0.1) is 0 Å². The minimum Gasteiger partial charge on any atom is -0.369 e. The Hall–Kier alpha value is -3.11. The summed E-state index contributed by atoms with van der Waals surface area (Å²) in [4.78, 5) is 13.8. The number of hydrogen-bond acceptors (Lipinski definition) is 7. The van der Waals surface area contributed by atoms with E-state index in [0.717, 1.165) is 55.7 Å². The van der Waals surface area contributed by atoms with Gasteiger partial charge < -0.3 is 20.4 Å². The van der Waals surface area contributed by atoms with Gasteiger partial charge in [0.1, 0.15) is 5.82 Å². The fraction of sp³-hybridized carbons (Fsp3) is 0.409. The van der Waals surface area contributed by atoms with E-state index < -0.39 is 0 Å². The molecule has 0 unspecified atom stereocenters. The number of nitriles is 1. The van der Waals surface area contributed by atoms with E-state index in [2.05, 4.69) is 61.7 Å². The predicted octanol–water partition coefficient (Wildman–Crippen LogP) is 3.33. The minimum atomic E-state index is 0.546. The molecule has 4 rings (SSSR count). The normalized spacial score (nSPS) is 17.3. The number of benzene rings is 1. The molecule has 1 aromatic carbocycles. The molecule has 7 heteroatoms. The van der Waals surface area contributed by atoms with Gasteiger partial charge in [0.05, 0.1) is 6.07 Å². The van der Waals surface area contributed by atoms with Gasteiger partial charge in [0.25, 0.3) is 0 Å². The predicted molar refractivity (Wildman–Crippen MR) is 117 cm³/mol. The largest absolute Gasteiger partial charge is 0.369 e. The van der Waals surface area contributed by atoms with Crippen molar-refractivity contribution in [3.05, 3.63) is 42.1 Å². The molecule has 1 aliphatic carbocycles. The number of likely N-dealkylation sites (N-methyl/N-ethyl adjacent to an activating group) is 1. The van der Waals surface area contributed by atoms with Crippen LogP contribution in [0.1, 0.15) is 18.4 Å². The first-order chi connectivity index (χ1) is 14.2. The van der Waals surface area contributed by atoms with Crippen molar-refractivity contribution in [2.45, 2.75) is 12.8 Å². The van der Waals surface area contributed by atoms with Crippen LogP contribution in [0.2, 0.25) is 0 Å². The number of anilines is 4. The number of piperazine rings is 1. The van der Waals surface area contributed by atoms with E-state index in [0.29, 0.717) is 5.95 Å². The smallest absolute Gasteiger partial charge is 0.229 e. The maximum atomic E-state index is 8.81. The molecule has 0 atom stereocenters. The topological polar surface area (TPSA) is 80.1 Å². The standard InChI is InChI=1S/C22H27N7/c1-28-11-13-29(14-12-28)20-8-6-19(7-9-20)26-22-25-16-18(3-2-10-23)21(27-22)24-15-17-4-5-17/h2-3,6-9,16-17H,4-5,11-15H2,1H3,(H2,24,25,26,27). The van der Waals surface area contributed by atoms with Gasteiger partial charge in [-0.3, -0.25) is 0 Å². The number of nitrogens with zero attached hydrogens (tertiary/aromatic N) is 5. The summed E-state index contributed by atoms with van der Waals surface area (Å²) in [6.07, 6.45) is 7.48. The van der Waals surface area contributed by atoms with Crippen LogP contribution >= 0.6 is 0 Å². The zero-order valence-electron chi connectivity index (χ0n) is 16.8. The molecule has 2 N–H and O–H groups in total. The molecule has 2 aliphatic rings. The summed E-state index contributed by atoms with van der Waals surface area (Å²) >= 11 is 0. The molecule has 1 saturated heterocycles. The van der Waals surface area contributed by atoms with Crippen molar-refractivity contribution in [2.24, 2.45) is 5.92 Å². The molecular weight excluding hydrogens is 362 g/mol. The quantitative estimate of drug-likeness (QED) is 0.703. The molecule has 2 heterocycles. The van der Waals surface area contributed by atoms with Crippen molar-refractivity contribution in [2.75, 3.05) is 55.3 Å². The van der Waals surface area contributed by atoms with E-state index in [1.165, 1.54) is 24.6 Å². The van der Waals surface area contributed by atoms with Crippen molar-refractivity contribution < 1.29 is 0 Å². The van der Waals surface area contributed by atoms with Crippen molar-refractivity contribution in [3.63, 3.8) is 0 Å². The van der Waals surface area contributed by atoms with Crippen LogP contribution in [0.15, 0.2) is 36.5 Å². The van der Waals surface area contributed by atoms with E-state index >= 15 is 0 Å². The Morgan fingerprint density at radius 3 is 2.62 bits per heavy atom. The molecule has 0 spiro atoms. The van der Waals surface area contributed by atoms with Crippen molar-refractivity contribution in [1.29, 1.82) is 5.26 Å². The maximum absolute atomic E-state index is 8.81. The molecular formula is C22H27N7. The Morgan fingerprint density at radius 1 is 1.17 bits per heavy atom. The lowest BCUT2D eigenvalue weighted by molar-refractivity contribution is 0.313. The lowest BCUT2D eigenvalue weighted by atomic mass is 10.2. The highest BCUT2D eigenvalue weighted by molar-refractivity contribution is 5.66. The minimum absolute atomic E-state index is 0.546. The molecule has 150 valence electrons. The van der Waals surface area contributed by atoms with Crippen LogP contribution in [0.4, 0.5) is 23.1 Å². The van der Waals surface area contributed by atoms with Crippen LogP contribution in [0, 0.1) is 17.2 Å². The molecule has 2 aromatic rings. The van der Waals surface area contributed by atoms with Crippen LogP contribution in [-0.2, 0) is 0 Å². The maximum Gasteiger partial charge on any atom is 0.229 e. The summed E-state index contributed by atoms with van der Waals surface area (Å²) in [6, 6.07) is 10.4. The number of allylic oxidation sites excluding steroid dienone is 1. The van der Waals surface area contributed by atoms with Gasteiger partial charge >= 0.3 is 0 Å². The zero-order chi connectivity index (χ0) is 20.1. The SMILES string of the molecule is CN1CCN(c2ccc(Nc3ncc(C=CC#N)c(NCC4CC4)n3)cc2)CC1. The molecule has 0 amide bonds. The Morgan fingerprint density at radius 2 is 1.93 bits per heavy atom. The van der Waals surface area contributed by atoms with E-state index in [4.69, 9.17) is 5.26 Å². The highest BCUT2D eigenvalue weighted by Crippen LogP contribution is 2.29. The molecule has 2 fully saturated rings. The summed E-state index contributed by atoms with van der Waals surface area (Å²) in [5.74, 6) is 2.04. The average Bonchev–Trinajstić information content (AvgIpc) is 3.57. The highest BCUT2D eigenvalue weighted by atomic mass is 15.2. The molecule has 0 bridgehead atoms. The summed E-state index contributed by atoms with van der Waals surface area (Å²) in [6.45, 7) is 5.21. The first kappa shape index (κ1) is 19.2. The fourth-order valence-electron chi connectivity index (χ4n) is 3.35. The Kier molecular flexibility index (Phi) is 5.92. The average molecular weight is 390 g/mol. The molecule has 7 nitrogen and oxygen atoms in total. The monoisotopic (exact) mass is 389 g/mol. The third-order valence-corrected chi connectivity index (χ3v) is 5.40. The van der Waals surface area contributed by atoms with Gasteiger partial charge in [0.15, 0.2) is 0 Å². The van der Waals surface area contributed by atoms with E-state index in [-0.39, 0.29) is 0 Å². The third-order valence-electron chi connectivity index (χ3n) is 5.40. The Balaban J connectivity index is 1.44. The number of aromatic nitrogens is 2. The fourth-order valence-corrected chi connectivity index (χ4v) is 3.35. The van der Waals surface area contributed by atoms with Gasteiger partial charge in [-0.1, -0.05) is 0 Å². The summed E-state index contributed by atoms with van der Waals surface area (Å²) < 4.78 is 0. The van der Waals surface area contributed by atoms with Crippen molar-refractivity contribution in [3.8, 4) is 6.07 Å². The van der Waals surface area contributed by atoms with Crippen LogP contribution in [0.25, 0.3) is 6.08 Å². The van der Waals surface area contributed by atoms with E-state index in [1.54, 1.807) is 12.3 Å². The molecule has 1 aromatic heterocycles. The summed E-state index contributed by atoms with van der Waals surface area (Å²) in [5.41, 5.74) is 3.02. The third kappa shape index (κ3) is 5.24. The van der Waals surface area contributed by atoms with Gasteiger partial charge in [0, 0.05) is 61.9 Å². The number of rotatable bonds is 7. The molecule has 1 aliphatic heterocycles. The van der Waals surface area contributed by atoms with Gasteiger partial charge in [-0.05, 0) is 56.1 Å². The van der Waals surface area contributed by atoms with Gasteiger partial charge in [-0.25, -0.2) is 4.98 Å². The Bertz CT molecular complexity index is 888. The highest BCUT2D eigenvalue weighted by Gasteiger charge is 2.21. The van der Waals surface area contributed by atoms with Gasteiger partial charge in [-0.2, -0.15) is 10.2 Å². The molecule has 29 heavy (non-hydrogen) atoms. The number of hydrogen-bond donors (Lipinski definition) is 2. The van der Waals surface area contributed by atoms with Gasteiger partial charge in [0.2, 0.25) is 5.95 Å². The second kappa shape index (κ2) is 8.93. The molecule has 0 radical (unpaired) electrons. The number of nitrogens with one attached hydrogen (secondary N) is 2. The van der Waals surface area contributed by atoms with E-state index in [9.17, 15) is 0 Å². The lowest BCUT2D eigenvalue weighted by Crippen LogP contribution is -2.44. The first-order valence-electron chi connectivity index (χ1n) is 10.2. The van der Waals surface area contributed by atoms with Crippen LogP contribution in [0.5, 0.6) is 0 Å². The van der Waals surface area contributed by atoms with Crippen LogP contribution < -0.4 is 15.5 Å². The van der Waals surface area contributed by atoms with Crippen molar-refractivity contribution in [1.82, 2.24) is 14.9 Å². The molecule has 1 saturated carbocycles. The second-order valence-electron chi connectivity index (χ2n) is 7.75. The lowest BCUT2D eigenvalue weighted by Gasteiger charge is -2.34. The van der Waals surface area contributed by atoms with Crippen LogP contribution in [-0.4, -0.2) is 54.6 Å². The zero-order valence-corrected chi connectivity index (χ0v) is 16.8. The van der Waals surface area contributed by atoms with Crippen LogP contribution in [0.3, 0.4) is 0 Å². The first-order valence-corrected chi connectivity index (χ1v) is 10.2. The Labute approximate surface area is 172 Å².